The minimum Gasteiger partial charge on any atom is -0.497 e. The van der Waals surface area contributed by atoms with Gasteiger partial charge in [-0.25, -0.2) is 4.39 Å². The van der Waals surface area contributed by atoms with Crippen molar-refractivity contribution in [1.29, 1.82) is 0 Å². The summed E-state index contributed by atoms with van der Waals surface area (Å²) in [6, 6.07) is 5.05. The van der Waals surface area contributed by atoms with Crippen LogP contribution in [0.15, 0.2) is 18.2 Å². The molecule has 1 aliphatic rings. The minimum atomic E-state index is -0.515. The second kappa shape index (κ2) is 6.57. The molecule has 1 saturated carbocycles. The predicted molar refractivity (Wildman–Crippen MR) is 80.3 cm³/mol. The first-order valence-corrected chi connectivity index (χ1v) is 7.72. The summed E-state index contributed by atoms with van der Waals surface area (Å²) in [5.41, 5.74) is 6.68. The van der Waals surface area contributed by atoms with Gasteiger partial charge in [0, 0.05) is 17.2 Å². The van der Waals surface area contributed by atoms with Gasteiger partial charge in [0.1, 0.15) is 11.6 Å². The second-order valence-electron chi connectivity index (χ2n) is 6.09. The monoisotopic (exact) mass is 279 g/mol. The van der Waals surface area contributed by atoms with Crippen molar-refractivity contribution in [2.24, 2.45) is 11.7 Å². The average Bonchev–Trinajstić information content (AvgIpc) is 2.62. The van der Waals surface area contributed by atoms with E-state index >= 15 is 0 Å². The lowest BCUT2D eigenvalue weighted by molar-refractivity contribution is 0.352. The molecule has 3 heteroatoms. The Labute approximate surface area is 121 Å². The maximum Gasteiger partial charge on any atom is 0.131 e. The molecule has 2 rings (SSSR count). The van der Waals surface area contributed by atoms with Gasteiger partial charge in [0.05, 0.1) is 7.11 Å². The first-order valence-electron chi connectivity index (χ1n) is 7.72. The fraction of sp³-hybridized carbons (Fsp3) is 0.647. The Morgan fingerprint density at radius 1 is 1.35 bits per heavy atom. The summed E-state index contributed by atoms with van der Waals surface area (Å²) in [6.07, 6.45) is 7.66. The topological polar surface area (TPSA) is 35.2 Å². The van der Waals surface area contributed by atoms with Crippen molar-refractivity contribution in [2.75, 3.05) is 7.11 Å². The molecule has 112 valence electrons. The van der Waals surface area contributed by atoms with Crippen LogP contribution in [0, 0.1) is 11.7 Å². The molecule has 0 spiro atoms. The Hall–Kier alpha value is -1.09. The van der Waals surface area contributed by atoms with Crippen LogP contribution in [0.25, 0.3) is 0 Å². The summed E-state index contributed by atoms with van der Waals surface area (Å²) in [4.78, 5) is 0. The van der Waals surface area contributed by atoms with Gasteiger partial charge in [-0.05, 0) is 31.2 Å². The molecular formula is C17H26FNO. The number of ether oxygens (including phenoxy) is 1. The summed E-state index contributed by atoms with van der Waals surface area (Å²) in [5, 5.41) is 0. The molecule has 1 aliphatic carbocycles. The van der Waals surface area contributed by atoms with Crippen molar-refractivity contribution >= 4 is 0 Å². The molecule has 1 fully saturated rings. The zero-order chi connectivity index (χ0) is 14.6. The summed E-state index contributed by atoms with van der Waals surface area (Å²) in [7, 11) is 1.55. The summed E-state index contributed by atoms with van der Waals surface area (Å²) in [5.74, 6) is 1.07. The number of benzene rings is 1. The molecule has 0 aromatic heterocycles. The number of hydrogen-bond acceptors (Lipinski definition) is 2. The van der Waals surface area contributed by atoms with Gasteiger partial charge in [-0.15, -0.1) is 0 Å². The van der Waals surface area contributed by atoms with E-state index in [0.717, 1.165) is 31.6 Å². The highest BCUT2D eigenvalue weighted by Gasteiger charge is 2.33. The number of halogens is 1. The Kier molecular flexibility index (Phi) is 5.03. The van der Waals surface area contributed by atoms with Gasteiger partial charge in [-0.2, -0.15) is 0 Å². The fourth-order valence-electron chi connectivity index (χ4n) is 3.43. The second-order valence-corrected chi connectivity index (χ2v) is 6.09. The molecule has 2 N–H and O–H groups in total. The van der Waals surface area contributed by atoms with Crippen molar-refractivity contribution in [3.8, 4) is 5.75 Å². The molecular weight excluding hydrogens is 253 g/mol. The maximum absolute atomic E-state index is 14.3. The van der Waals surface area contributed by atoms with E-state index in [4.69, 9.17) is 10.5 Å². The minimum absolute atomic E-state index is 0.235. The van der Waals surface area contributed by atoms with Crippen LogP contribution in [0.1, 0.15) is 57.4 Å². The molecule has 0 saturated heterocycles. The van der Waals surface area contributed by atoms with Crippen LogP contribution >= 0.6 is 0 Å². The van der Waals surface area contributed by atoms with Crippen LogP contribution in [0.4, 0.5) is 4.39 Å². The van der Waals surface area contributed by atoms with E-state index in [9.17, 15) is 4.39 Å². The number of hydrogen-bond donors (Lipinski definition) is 1. The Balaban J connectivity index is 2.18. The highest BCUT2D eigenvalue weighted by Crippen LogP contribution is 2.38. The van der Waals surface area contributed by atoms with Crippen LogP contribution in [0.2, 0.25) is 0 Å². The Morgan fingerprint density at radius 3 is 2.80 bits per heavy atom. The first-order chi connectivity index (χ1) is 9.59. The van der Waals surface area contributed by atoms with E-state index in [2.05, 4.69) is 6.92 Å². The lowest BCUT2D eigenvalue weighted by Crippen LogP contribution is -2.37. The molecule has 1 aromatic rings. The number of rotatable bonds is 4. The third-order valence-corrected chi connectivity index (χ3v) is 4.64. The van der Waals surface area contributed by atoms with E-state index in [0.29, 0.717) is 11.3 Å². The van der Waals surface area contributed by atoms with Crippen molar-refractivity contribution in [2.45, 2.75) is 57.4 Å². The van der Waals surface area contributed by atoms with Crippen LogP contribution < -0.4 is 10.5 Å². The molecule has 20 heavy (non-hydrogen) atoms. The molecule has 2 nitrogen and oxygen atoms in total. The number of nitrogens with two attached hydrogens (primary N) is 1. The molecule has 0 heterocycles. The zero-order valence-corrected chi connectivity index (χ0v) is 12.6. The van der Waals surface area contributed by atoms with Crippen LogP contribution in [-0.2, 0) is 5.54 Å². The third-order valence-electron chi connectivity index (χ3n) is 4.64. The highest BCUT2D eigenvalue weighted by atomic mass is 19.1. The van der Waals surface area contributed by atoms with E-state index in [1.165, 1.54) is 25.3 Å². The van der Waals surface area contributed by atoms with E-state index in [1.54, 1.807) is 19.2 Å². The van der Waals surface area contributed by atoms with Crippen LogP contribution in [0.3, 0.4) is 0 Å². The van der Waals surface area contributed by atoms with Gasteiger partial charge >= 0.3 is 0 Å². The molecule has 2 unspecified atom stereocenters. The number of methoxy groups -OCH3 is 1. The summed E-state index contributed by atoms with van der Waals surface area (Å²) < 4.78 is 19.3. The maximum atomic E-state index is 14.3. The molecule has 0 amide bonds. The zero-order valence-electron chi connectivity index (χ0n) is 12.6. The lowest BCUT2D eigenvalue weighted by Gasteiger charge is -2.29. The standard InChI is InChI=1S/C17H26FNO/c1-3-5-13-6-4-10-17(19,11-9-13)15-8-7-14(20-2)12-16(15)18/h7-8,12-13H,3-6,9-11,19H2,1-2H3. The van der Waals surface area contributed by atoms with Crippen molar-refractivity contribution in [3.05, 3.63) is 29.6 Å². The van der Waals surface area contributed by atoms with Crippen LogP contribution in [-0.4, -0.2) is 7.11 Å². The molecule has 0 radical (unpaired) electrons. The highest BCUT2D eigenvalue weighted by molar-refractivity contribution is 5.33. The lowest BCUT2D eigenvalue weighted by atomic mass is 9.83. The fourth-order valence-corrected chi connectivity index (χ4v) is 3.43. The molecule has 0 aliphatic heterocycles. The van der Waals surface area contributed by atoms with Gasteiger partial charge in [0.15, 0.2) is 0 Å². The van der Waals surface area contributed by atoms with Gasteiger partial charge in [0.2, 0.25) is 0 Å². The SMILES string of the molecule is CCCC1CCCC(N)(c2ccc(OC)cc2F)CC1. The van der Waals surface area contributed by atoms with E-state index in [1.807, 2.05) is 0 Å². The molecule has 0 bridgehead atoms. The smallest absolute Gasteiger partial charge is 0.131 e. The Bertz CT molecular complexity index is 449. The largest absolute Gasteiger partial charge is 0.497 e. The van der Waals surface area contributed by atoms with Crippen LogP contribution in [0.5, 0.6) is 5.75 Å². The van der Waals surface area contributed by atoms with Gasteiger partial charge < -0.3 is 10.5 Å². The first kappa shape index (κ1) is 15.3. The normalized spacial score (nSPS) is 27.1. The summed E-state index contributed by atoms with van der Waals surface area (Å²) in [6.45, 7) is 2.23. The van der Waals surface area contributed by atoms with Gasteiger partial charge in [0.25, 0.3) is 0 Å². The summed E-state index contributed by atoms with van der Waals surface area (Å²) >= 11 is 0. The van der Waals surface area contributed by atoms with Crippen molar-refractivity contribution in [1.82, 2.24) is 0 Å². The molecule has 2 atom stereocenters. The predicted octanol–water partition coefficient (Wildman–Crippen LogP) is 4.37. The Morgan fingerprint density at radius 2 is 2.15 bits per heavy atom. The van der Waals surface area contributed by atoms with E-state index in [-0.39, 0.29) is 5.82 Å². The van der Waals surface area contributed by atoms with Crippen molar-refractivity contribution in [3.63, 3.8) is 0 Å². The molecule has 1 aromatic carbocycles. The average molecular weight is 279 g/mol. The third kappa shape index (κ3) is 3.32. The van der Waals surface area contributed by atoms with Gasteiger partial charge in [-0.1, -0.05) is 38.7 Å². The van der Waals surface area contributed by atoms with E-state index < -0.39 is 5.54 Å². The quantitative estimate of drug-likeness (QED) is 0.831. The van der Waals surface area contributed by atoms with Crippen molar-refractivity contribution < 1.29 is 9.13 Å². The van der Waals surface area contributed by atoms with Gasteiger partial charge in [-0.3, -0.25) is 0 Å².